The summed E-state index contributed by atoms with van der Waals surface area (Å²) >= 11 is 0. The average Bonchev–Trinajstić information content (AvgIpc) is 3.83. The molecule has 10 rings (SSSR count). The molecule has 0 bridgehead atoms. The summed E-state index contributed by atoms with van der Waals surface area (Å²) in [7, 11) is 0. The van der Waals surface area contributed by atoms with E-state index in [1.54, 1.807) is 12.4 Å². The van der Waals surface area contributed by atoms with Gasteiger partial charge >= 0.3 is 21.1 Å². The van der Waals surface area contributed by atoms with Gasteiger partial charge < -0.3 is 13.5 Å². The number of imidazole rings is 2. The van der Waals surface area contributed by atoms with Crippen LogP contribution in [-0.4, -0.2) is 23.8 Å². The summed E-state index contributed by atoms with van der Waals surface area (Å²) < 4.78 is 10.7. The Kier molecular flexibility index (Phi) is 7.49. The number of aryl methyl sites for hydroxylation is 4. The summed E-state index contributed by atoms with van der Waals surface area (Å²) in [5.74, 6) is 1.17. The van der Waals surface area contributed by atoms with E-state index in [1.165, 1.54) is 44.5 Å². The number of pyridine rings is 3. The Hall–Kier alpha value is -5.84. The molecular formula is C45H31N5OPt. The molecule has 0 aliphatic heterocycles. The van der Waals surface area contributed by atoms with Gasteiger partial charge in [0.2, 0.25) is 0 Å². The standard InChI is InChI=1S/C45H31N5O.Pt/c1-26-8-5-9-27(2)40(26)30-22-36-34-16-14-32(51-31-13-15-33-35-12-7-17-46-43(35)50-21-19-48-45(50)37(33)24-31)25-38(34)44-47-18-20-49(44)42(36)39(23-30)41-28(3)10-6-11-29(41)4;/h5-23H,1-4H3;/q-2;+2. The zero-order valence-corrected chi connectivity index (χ0v) is 31.2. The van der Waals surface area contributed by atoms with Crippen LogP contribution in [0, 0.1) is 39.8 Å². The van der Waals surface area contributed by atoms with Gasteiger partial charge in [-0.05, 0) is 89.5 Å². The van der Waals surface area contributed by atoms with Gasteiger partial charge in [-0.1, -0.05) is 94.3 Å². The second kappa shape index (κ2) is 12.1. The van der Waals surface area contributed by atoms with Crippen LogP contribution in [0.2, 0.25) is 0 Å². The number of nitrogens with zero attached hydrogens (tertiary/aromatic N) is 5. The van der Waals surface area contributed by atoms with Gasteiger partial charge in [-0.3, -0.25) is 9.97 Å². The van der Waals surface area contributed by atoms with E-state index in [4.69, 9.17) is 9.72 Å². The first kappa shape index (κ1) is 32.1. The zero-order chi connectivity index (χ0) is 34.4. The van der Waals surface area contributed by atoms with Gasteiger partial charge in [0.25, 0.3) is 0 Å². The van der Waals surface area contributed by atoms with Crippen molar-refractivity contribution >= 4 is 54.8 Å². The monoisotopic (exact) mass is 852 g/mol. The van der Waals surface area contributed by atoms with Crippen molar-refractivity contribution < 1.29 is 25.8 Å². The first-order chi connectivity index (χ1) is 24.9. The molecule has 5 heterocycles. The molecule has 7 heteroatoms. The van der Waals surface area contributed by atoms with Crippen molar-refractivity contribution in [3.8, 4) is 33.8 Å². The molecular weight excluding hydrogens is 822 g/mol. The number of ether oxygens (including phenoxy) is 1. The molecule has 0 unspecified atom stereocenters. The van der Waals surface area contributed by atoms with Crippen LogP contribution in [0.5, 0.6) is 11.5 Å². The maximum Gasteiger partial charge on any atom is 2.00 e. The molecule has 5 aromatic carbocycles. The third kappa shape index (κ3) is 4.78. The van der Waals surface area contributed by atoms with Gasteiger partial charge in [0.15, 0.2) is 0 Å². The van der Waals surface area contributed by atoms with Crippen LogP contribution in [-0.2, 0) is 21.1 Å². The zero-order valence-electron chi connectivity index (χ0n) is 28.9. The number of hydrogen-bond donors (Lipinski definition) is 0. The fourth-order valence-electron chi connectivity index (χ4n) is 8.06. The van der Waals surface area contributed by atoms with E-state index in [1.807, 2.05) is 35.0 Å². The van der Waals surface area contributed by atoms with Crippen LogP contribution in [0.1, 0.15) is 22.3 Å². The summed E-state index contributed by atoms with van der Waals surface area (Å²) in [5.41, 5.74) is 13.5. The number of fused-ring (bicyclic) bond motifs is 12. The third-order valence-corrected chi connectivity index (χ3v) is 10.3. The second-order valence-electron chi connectivity index (χ2n) is 13.4. The third-order valence-electron chi connectivity index (χ3n) is 10.3. The number of benzene rings is 5. The topological polar surface area (TPSA) is 56.7 Å². The predicted molar refractivity (Wildman–Crippen MR) is 206 cm³/mol. The predicted octanol–water partition coefficient (Wildman–Crippen LogP) is 10.9. The van der Waals surface area contributed by atoms with Gasteiger partial charge in [-0.15, -0.1) is 12.1 Å². The fraction of sp³-hybridized carbons (Fsp3) is 0.0889. The fourth-order valence-corrected chi connectivity index (χ4v) is 8.06. The molecule has 6 nitrogen and oxygen atoms in total. The largest absolute Gasteiger partial charge is 2.00 e. The second-order valence-corrected chi connectivity index (χ2v) is 13.4. The van der Waals surface area contributed by atoms with E-state index in [0.29, 0.717) is 11.5 Å². The minimum absolute atomic E-state index is 0. The van der Waals surface area contributed by atoms with E-state index in [2.05, 4.69) is 127 Å². The molecule has 0 fully saturated rings. The van der Waals surface area contributed by atoms with E-state index in [9.17, 15) is 0 Å². The van der Waals surface area contributed by atoms with Crippen molar-refractivity contribution in [2.75, 3.05) is 0 Å². The van der Waals surface area contributed by atoms with Gasteiger partial charge in [0.1, 0.15) is 5.65 Å². The maximum atomic E-state index is 6.52. The van der Waals surface area contributed by atoms with E-state index < -0.39 is 0 Å². The molecule has 0 radical (unpaired) electrons. The van der Waals surface area contributed by atoms with Crippen molar-refractivity contribution in [2.45, 2.75) is 27.7 Å². The summed E-state index contributed by atoms with van der Waals surface area (Å²) in [6, 6.07) is 37.1. The molecule has 10 aromatic rings. The Morgan fingerprint density at radius 2 is 1.08 bits per heavy atom. The molecule has 0 aliphatic rings. The SMILES string of the molecule is Cc1cccc(C)c1-c1cc(-c2c(C)cccc2C)c2c(c1)c1ccc(Oc3[c-]c4c(cc3)c3cccnc3n3ccnc43)[c-]c1c1nccn12.[Pt+2]. The Labute approximate surface area is 314 Å². The van der Waals surface area contributed by atoms with Gasteiger partial charge in [-0.2, -0.15) is 0 Å². The molecule has 252 valence electrons. The molecule has 5 aromatic heterocycles. The van der Waals surface area contributed by atoms with Gasteiger partial charge in [0.05, 0.1) is 11.3 Å². The molecule has 0 amide bonds. The number of aromatic nitrogens is 5. The molecule has 0 saturated carbocycles. The van der Waals surface area contributed by atoms with Gasteiger partial charge in [-0.25, -0.2) is 4.98 Å². The molecule has 0 saturated heterocycles. The normalized spacial score (nSPS) is 11.7. The Bertz CT molecular complexity index is 3030. The van der Waals surface area contributed by atoms with Crippen molar-refractivity contribution in [3.05, 3.63) is 150 Å². The van der Waals surface area contributed by atoms with Crippen LogP contribution in [0.25, 0.3) is 77.0 Å². The molecule has 0 spiro atoms. The number of hydrogen-bond acceptors (Lipinski definition) is 4. The minimum atomic E-state index is 0. The van der Waals surface area contributed by atoms with Gasteiger partial charge in [0, 0.05) is 53.6 Å². The maximum absolute atomic E-state index is 6.52. The number of rotatable bonds is 4. The minimum Gasteiger partial charge on any atom is -0.497 e. The van der Waals surface area contributed by atoms with E-state index in [0.717, 1.165) is 54.8 Å². The molecule has 0 aliphatic carbocycles. The van der Waals surface area contributed by atoms with E-state index in [-0.39, 0.29) is 21.1 Å². The summed E-state index contributed by atoms with van der Waals surface area (Å²) in [4.78, 5) is 14.1. The van der Waals surface area contributed by atoms with Crippen LogP contribution < -0.4 is 4.74 Å². The molecule has 0 N–H and O–H groups in total. The Morgan fingerprint density at radius 3 is 1.73 bits per heavy atom. The van der Waals surface area contributed by atoms with Crippen LogP contribution in [0.15, 0.2) is 116 Å². The Morgan fingerprint density at radius 1 is 0.519 bits per heavy atom. The van der Waals surface area contributed by atoms with Crippen molar-refractivity contribution in [1.82, 2.24) is 23.8 Å². The van der Waals surface area contributed by atoms with Crippen LogP contribution >= 0.6 is 0 Å². The summed E-state index contributed by atoms with van der Waals surface area (Å²) in [6.45, 7) is 8.79. The molecule has 52 heavy (non-hydrogen) atoms. The van der Waals surface area contributed by atoms with E-state index >= 15 is 0 Å². The first-order valence-corrected chi connectivity index (χ1v) is 17.1. The quantitative estimate of drug-likeness (QED) is 0.131. The van der Waals surface area contributed by atoms with Crippen molar-refractivity contribution in [3.63, 3.8) is 0 Å². The van der Waals surface area contributed by atoms with Crippen LogP contribution in [0.4, 0.5) is 0 Å². The van der Waals surface area contributed by atoms with Crippen molar-refractivity contribution in [1.29, 1.82) is 0 Å². The first-order valence-electron chi connectivity index (χ1n) is 17.1. The van der Waals surface area contributed by atoms with Crippen molar-refractivity contribution in [2.24, 2.45) is 0 Å². The summed E-state index contributed by atoms with van der Waals surface area (Å²) in [6.07, 6.45) is 9.45. The smallest absolute Gasteiger partial charge is 0.497 e. The summed E-state index contributed by atoms with van der Waals surface area (Å²) in [5, 5.41) is 6.03. The average molecular weight is 853 g/mol. The Balaban J connectivity index is 0.00000360. The van der Waals surface area contributed by atoms with Crippen LogP contribution in [0.3, 0.4) is 0 Å². The molecule has 0 atom stereocenters.